The molecule has 5 heteroatoms. The maximum Gasteiger partial charge on any atom is 0.338 e. The number of anilines is 1. The lowest BCUT2D eigenvalue weighted by Gasteiger charge is -2.11. The third kappa shape index (κ3) is 4.61. The van der Waals surface area contributed by atoms with Gasteiger partial charge in [0.05, 0.1) is 5.56 Å². The van der Waals surface area contributed by atoms with E-state index in [-0.39, 0.29) is 5.56 Å². The number of benzene rings is 1. The molecule has 0 aliphatic heterocycles. The van der Waals surface area contributed by atoms with E-state index in [2.05, 4.69) is 23.7 Å². The summed E-state index contributed by atoms with van der Waals surface area (Å²) < 4.78 is 14.3. The number of nitrogen functional groups attached to an aromatic ring is 1. The minimum Gasteiger partial charge on any atom is -0.478 e. The molecule has 3 rings (SSSR count). The van der Waals surface area contributed by atoms with Crippen molar-refractivity contribution in [1.82, 2.24) is 4.98 Å². The number of rotatable bonds is 3. The zero-order valence-electron chi connectivity index (χ0n) is 16.3. The molecule has 29 heavy (non-hydrogen) atoms. The second-order valence-corrected chi connectivity index (χ2v) is 6.81. The molecule has 1 heterocycles. The first-order valence-electron chi connectivity index (χ1n) is 9.25. The molecular formula is C24H21FN2O2. The van der Waals surface area contributed by atoms with Crippen molar-refractivity contribution in [2.24, 2.45) is 0 Å². The van der Waals surface area contributed by atoms with Crippen molar-refractivity contribution in [2.75, 3.05) is 5.73 Å². The van der Waals surface area contributed by atoms with Crippen LogP contribution in [0, 0.1) is 17.7 Å². The summed E-state index contributed by atoms with van der Waals surface area (Å²) in [6.07, 6.45) is 7.23. The van der Waals surface area contributed by atoms with Gasteiger partial charge in [0, 0.05) is 17.3 Å². The van der Waals surface area contributed by atoms with Gasteiger partial charge in [-0.1, -0.05) is 48.1 Å². The lowest BCUT2D eigenvalue weighted by Crippen LogP contribution is -2.01. The quantitative estimate of drug-likeness (QED) is 0.726. The van der Waals surface area contributed by atoms with E-state index in [1.54, 1.807) is 24.4 Å². The Bertz CT molecular complexity index is 1110. The number of pyridine rings is 1. The van der Waals surface area contributed by atoms with E-state index in [1.165, 1.54) is 17.7 Å². The molecule has 0 atom stereocenters. The summed E-state index contributed by atoms with van der Waals surface area (Å²) >= 11 is 0. The van der Waals surface area contributed by atoms with E-state index in [1.807, 2.05) is 19.1 Å². The number of aromatic carboxylic acids is 1. The van der Waals surface area contributed by atoms with Crippen molar-refractivity contribution in [3.05, 3.63) is 87.9 Å². The molecule has 0 fully saturated rings. The standard InChI is InChI=1S/C24H21FN2O2/c1-3-16-4-9-20(18-7-10-21(24(28)29)22(25)13-18)19(15(2)12-16)8-5-17-6-11-23(26)27-14-17/h4,6-7,9-11,13-14H,3,12H2,1-2H3,(H2,26,27)(H,28,29). The number of allylic oxidation sites excluding steroid dienone is 6. The summed E-state index contributed by atoms with van der Waals surface area (Å²) in [5, 5.41) is 9.09. The number of carboxylic acids is 1. The van der Waals surface area contributed by atoms with Crippen molar-refractivity contribution in [3.63, 3.8) is 0 Å². The van der Waals surface area contributed by atoms with Crippen molar-refractivity contribution in [2.45, 2.75) is 26.7 Å². The van der Waals surface area contributed by atoms with Crippen LogP contribution in [-0.4, -0.2) is 16.1 Å². The molecule has 1 aromatic heterocycles. The van der Waals surface area contributed by atoms with Gasteiger partial charge >= 0.3 is 5.97 Å². The average Bonchev–Trinajstić information content (AvgIpc) is 2.85. The summed E-state index contributed by atoms with van der Waals surface area (Å²) in [5.41, 5.74) is 10.4. The van der Waals surface area contributed by atoms with Crippen LogP contribution < -0.4 is 5.73 Å². The maximum atomic E-state index is 14.3. The number of carboxylic acid groups (broad SMARTS) is 1. The molecule has 0 spiro atoms. The molecule has 0 saturated heterocycles. The van der Waals surface area contributed by atoms with Crippen molar-refractivity contribution < 1.29 is 14.3 Å². The molecule has 0 amide bonds. The van der Waals surface area contributed by atoms with E-state index in [0.717, 1.165) is 35.1 Å². The summed E-state index contributed by atoms with van der Waals surface area (Å²) in [6, 6.07) is 7.63. The number of halogens is 1. The van der Waals surface area contributed by atoms with E-state index >= 15 is 0 Å². The van der Waals surface area contributed by atoms with Gasteiger partial charge in [-0.2, -0.15) is 0 Å². The van der Waals surface area contributed by atoms with Gasteiger partial charge in [0.2, 0.25) is 0 Å². The third-order valence-corrected chi connectivity index (χ3v) is 4.76. The average molecular weight is 388 g/mol. The normalized spacial score (nSPS) is 13.8. The van der Waals surface area contributed by atoms with Crippen LogP contribution in [0.3, 0.4) is 0 Å². The van der Waals surface area contributed by atoms with Crippen molar-refractivity contribution in [1.29, 1.82) is 0 Å². The molecule has 1 aromatic carbocycles. The van der Waals surface area contributed by atoms with Crippen LogP contribution in [0.25, 0.3) is 5.57 Å². The Morgan fingerprint density at radius 1 is 1.24 bits per heavy atom. The summed E-state index contributed by atoms with van der Waals surface area (Å²) in [6.45, 7) is 4.10. The van der Waals surface area contributed by atoms with Crippen molar-refractivity contribution >= 4 is 17.4 Å². The number of hydrogen-bond donors (Lipinski definition) is 2. The van der Waals surface area contributed by atoms with Gasteiger partial charge in [0.15, 0.2) is 0 Å². The Balaban J connectivity index is 2.10. The Kier molecular flexibility index (Phi) is 5.94. The Morgan fingerprint density at radius 3 is 2.66 bits per heavy atom. The van der Waals surface area contributed by atoms with Crippen LogP contribution in [0.2, 0.25) is 0 Å². The van der Waals surface area contributed by atoms with Crippen LogP contribution >= 0.6 is 0 Å². The predicted octanol–water partition coefficient (Wildman–Crippen LogP) is 4.99. The number of hydrogen-bond acceptors (Lipinski definition) is 3. The molecule has 146 valence electrons. The first kappa shape index (κ1) is 20.1. The van der Waals surface area contributed by atoms with E-state index in [0.29, 0.717) is 11.4 Å². The fraction of sp³-hybridized carbons (Fsp3) is 0.167. The third-order valence-electron chi connectivity index (χ3n) is 4.76. The molecule has 0 saturated carbocycles. The zero-order chi connectivity index (χ0) is 21.0. The number of aromatic nitrogens is 1. The van der Waals surface area contributed by atoms with Gasteiger partial charge in [-0.05, 0) is 55.2 Å². The van der Waals surface area contributed by atoms with E-state index < -0.39 is 11.8 Å². The molecule has 1 aliphatic carbocycles. The Morgan fingerprint density at radius 2 is 2.03 bits per heavy atom. The summed E-state index contributed by atoms with van der Waals surface area (Å²) in [4.78, 5) is 15.2. The lowest BCUT2D eigenvalue weighted by molar-refractivity contribution is 0.0692. The molecule has 2 aromatic rings. The van der Waals surface area contributed by atoms with Gasteiger partial charge in [-0.15, -0.1) is 0 Å². The molecule has 0 bridgehead atoms. The highest BCUT2D eigenvalue weighted by Gasteiger charge is 2.17. The molecule has 0 unspecified atom stereocenters. The lowest BCUT2D eigenvalue weighted by atomic mass is 9.93. The highest BCUT2D eigenvalue weighted by Crippen LogP contribution is 2.32. The van der Waals surface area contributed by atoms with Gasteiger partial charge in [0.25, 0.3) is 0 Å². The highest BCUT2D eigenvalue weighted by atomic mass is 19.1. The first-order valence-corrected chi connectivity index (χ1v) is 9.25. The Hall–Kier alpha value is -3.65. The van der Waals surface area contributed by atoms with Gasteiger partial charge in [-0.3, -0.25) is 0 Å². The van der Waals surface area contributed by atoms with Crippen LogP contribution in [0.5, 0.6) is 0 Å². The second-order valence-electron chi connectivity index (χ2n) is 6.81. The fourth-order valence-electron chi connectivity index (χ4n) is 3.13. The number of carbonyl (C=O) groups is 1. The molecule has 0 radical (unpaired) electrons. The van der Waals surface area contributed by atoms with Crippen LogP contribution in [0.4, 0.5) is 10.2 Å². The highest BCUT2D eigenvalue weighted by molar-refractivity contribution is 5.90. The summed E-state index contributed by atoms with van der Waals surface area (Å²) in [5.74, 6) is 4.66. The monoisotopic (exact) mass is 388 g/mol. The van der Waals surface area contributed by atoms with Gasteiger partial charge in [-0.25, -0.2) is 14.2 Å². The smallest absolute Gasteiger partial charge is 0.338 e. The minimum absolute atomic E-state index is 0.353. The number of nitrogens with two attached hydrogens (primary N) is 1. The first-order chi connectivity index (χ1) is 13.9. The molecule has 1 aliphatic rings. The maximum absolute atomic E-state index is 14.3. The zero-order valence-corrected chi connectivity index (χ0v) is 16.3. The predicted molar refractivity (Wildman–Crippen MR) is 113 cm³/mol. The minimum atomic E-state index is -1.29. The largest absolute Gasteiger partial charge is 0.478 e. The molecule has 3 N–H and O–H groups in total. The number of nitrogens with zero attached hydrogens (tertiary/aromatic N) is 1. The summed E-state index contributed by atoms with van der Waals surface area (Å²) in [7, 11) is 0. The van der Waals surface area contributed by atoms with Crippen LogP contribution in [0.15, 0.2) is 65.4 Å². The van der Waals surface area contributed by atoms with Crippen LogP contribution in [-0.2, 0) is 0 Å². The second kappa shape index (κ2) is 8.57. The van der Waals surface area contributed by atoms with E-state index in [9.17, 15) is 9.18 Å². The fourth-order valence-corrected chi connectivity index (χ4v) is 3.13. The van der Waals surface area contributed by atoms with E-state index in [4.69, 9.17) is 10.8 Å². The Labute approximate surface area is 169 Å². The topological polar surface area (TPSA) is 76.2 Å². The molecule has 4 nitrogen and oxygen atoms in total. The van der Waals surface area contributed by atoms with Gasteiger partial charge < -0.3 is 10.8 Å². The molecular weight excluding hydrogens is 367 g/mol. The van der Waals surface area contributed by atoms with Gasteiger partial charge in [0.1, 0.15) is 11.6 Å². The van der Waals surface area contributed by atoms with Crippen molar-refractivity contribution in [3.8, 4) is 11.8 Å². The van der Waals surface area contributed by atoms with Crippen LogP contribution in [0.1, 0.15) is 48.2 Å². The SMILES string of the molecule is CCC1=CC=C(c2ccc(C(=O)O)c(F)c2)C(C#Cc2ccc(N)nc2)=C(C)C1.